The molecule has 0 aliphatic carbocycles. The van der Waals surface area contributed by atoms with Gasteiger partial charge in [-0.3, -0.25) is 9.69 Å². The van der Waals surface area contributed by atoms with Crippen molar-refractivity contribution < 1.29 is 9.90 Å². The molecule has 0 saturated carbocycles. The van der Waals surface area contributed by atoms with Crippen LogP contribution in [-0.2, 0) is 4.79 Å². The van der Waals surface area contributed by atoms with E-state index in [0.29, 0.717) is 16.4 Å². The normalized spacial score (nSPS) is 19.8. The van der Waals surface area contributed by atoms with Gasteiger partial charge in [-0.15, -0.1) is 0 Å². The van der Waals surface area contributed by atoms with E-state index in [9.17, 15) is 9.90 Å². The molecule has 1 unspecified atom stereocenters. The molecule has 1 fully saturated rings. The Morgan fingerprint density at radius 2 is 2.30 bits per heavy atom. The van der Waals surface area contributed by atoms with Crippen LogP contribution in [0.25, 0.3) is 0 Å². The van der Waals surface area contributed by atoms with Gasteiger partial charge in [0.05, 0.1) is 23.9 Å². The Morgan fingerprint density at radius 3 is 3.00 bits per heavy atom. The summed E-state index contributed by atoms with van der Waals surface area (Å²) in [5.41, 5.74) is 6.77. The molecule has 0 bridgehead atoms. The zero-order chi connectivity index (χ0) is 14.5. The SMILES string of the molecule is Nc1cc(NC(=O)CN2CCCCC2CO)ccc1Cl. The number of anilines is 2. The molecular weight excluding hydrogens is 278 g/mol. The van der Waals surface area contributed by atoms with E-state index in [1.807, 2.05) is 4.90 Å². The van der Waals surface area contributed by atoms with Crippen LogP contribution in [0.15, 0.2) is 18.2 Å². The van der Waals surface area contributed by atoms with Gasteiger partial charge in [-0.2, -0.15) is 0 Å². The summed E-state index contributed by atoms with van der Waals surface area (Å²) >= 11 is 5.84. The lowest BCUT2D eigenvalue weighted by molar-refractivity contribution is -0.118. The standard InChI is InChI=1S/C14H20ClN3O2/c15-12-5-4-10(7-13(12)16)17-14(20)8-18-6-2-1-3-11(18)9-19/h4-5,7,11,19H,1-3,6,8-9,16H2,(H,17,20). The third-order valence-electron chi connectivity index (χ3n) is 3.59. The van der Waals surface area contributed by atoms with Gasteiger partial charge in [0.25, 0.3) is 0 Å². The van der Waals surface area contributed by atoms with E-state index >= 15 is 0 Å². The molecule has 110 valence electrons. The fraction of sp³-hybridized carbons (Fsp3) is 0.500. The minimum absolute atomic E-state index is 0.0878. The molecule has 6 heteroatoms. The van der Waals surface area contributed by atoms with Crippen molar-refractivity contribution in [2.24, 2.45) is 0 Å². The van der Waals surface area contributed by atoms with Crippen LogP contribution in [0.1, 0.15) is 19.3 Å². The number of halogens is 1. The minimum atomic E-state index is -0.105. The second-order valence-electron chi connectivity index (χ2n) is 5.09. The number of nitrogens with two attached hydrogens (primary N) is 1. The minimum Gasteiger partial charge on any atom is -0.397 e. The number of nitrogens with zero attached hydrogens (tertiary/aromatic N) is 1. The smallest absolute Gasteiger partial charge is 0.238 e. The van der Waals surface area contributed by atoms with Gasteiger partial charge in [-0.25, -0.2) is 0 Å². The first-order valence-corrected chi connectivity index (χ1v) is 7.17. The first-order chi connectivity index (χ1) is 9.60. The second-order valence-corrected chi connectivity index (χ2v) is 5.49. The molecule has 0 aromatic heterocycles. The molecule has 1 amide bonds. The molecule has 1 atom stereocenters. The van der Waals surface area contributed by atoms with Gasteiger partial charge in [0.2, 0.25) is 5.91 Å². The average Bonchev–Trinajstić information content (AvgIpc) is 2.43. The van der Waals surface area contributed by atoms with E-state index in [-0.39, 0.29) is 25.1 Å². The number of amides is 1. The molecule has 1 aromatic carbocycles. The first-order valence-electron chi connectivity index (χ1n) is 6.80. The van der Waals surface area contributed by atoms with E-state index in [4.69, 9.17) is 17.3 Å². The summed E-state index contributed by atoms with van der Waals surface area (Å²) in [6, 6.07) is 5.10. The molecule has 2 rings (SSSR count). The van der Waals surface area contributed by atoms with Gasteiger partial charge < -0.3 is 16.2 Å². The van der Waals surface area contributed by atoms with Crippen LogP contribution in [0, 0.1) is 0 Å². The fourth-order valence-electron chi connectivity index (χ4n) is 2.48. The number of hydrogen-bond acceptors (Lipinski definition) is 4. The summed E-state index contributed by atoms with van der Waals surface area (Å²) in [4.78, 5) is 14.1. The highest BCUT2D eigenvalue weighted by Crippen LogP contribution is 2.22. The van der Waals surface area contributed by atoms with Crippen molar-refractivity contribution in [1.82, 2.24) is 4.90 Å². The Balaban J connectivity index is 1.92. The lowest BCUT2D eigenvalue weighted by atomic mass is 10.0. The molecule has 0 spiro atoms. The van der Waals surface area contributed by atoms with Crippen LogP contribution < -0.4 is 11.1 Å². The zero-order valence-corrected chi connectivity index (χ0v) is 12.1. The van der Waals surface area contributed by atoms with Crippen molar-refractivity contribution in [3.63, 3.8) is 0 Å². The van der Waals surface area contributed by atoms with E-state index in [1.54, 1.807) is 18.2 Å². The molecule has 1 heterocycles. The number of carbonyl (C=O) groups is 1. The van der Waals surface area contributed by atoms with E-state index in [1.165, 1.54) is 0 Å². The summed E-state index contributed by atoms with van der Waals surface area (Å²) in [6.45, 7) is 1.23. The van der Waals surface area contributed by atoms with Gasteiger partial charge >= 0.3 is 0 Å². The summed E-state index contributed by atoms with van der Waals surface area (Å²) in [6.07, 6.45) is 3.12. The summed E-state index contributed by atoms with van der Waals surface area (Å²) in [5.74, 6) is -0.105. The highest BCUT2D eigenvalue weighted by molar-refractivity contribution is 6.33. The van der Waals surface area contributed by atoms with Crippen molar-refractivity contribution >= 4 is 28.9 Å². The quantitative estimate of drug-likeness (QED) is 0.739. The number of nitrogens with one attached hydrogen (secondary N) is 1. The number of likely N-dealkylation sites (tertiary alicyclic amines) is 1. The first kappa shape index (κ1) is 15.1. The van der Waals surface area contributed by atoms with Crippen molar-refractivity contribution in [3.8, 4) is 0 Å². The van der Waals surface area contributed by atoms with Crippen molar-refractivity contribution in [1.29, 1.82) is 0 Å². The predicted molar refractivity (Wildman–Crippen MR) is 80.8 cm³/mol. The Bertz CT molecular complexity index is 481. The van der Waals surface area contributed by atoms with E-state index in [0.717, 1.165) is 25.8 Å². The topological polar surface area (TPSA) is 78.6 Å². The Hall–Kier alpha value is -1.30. The second kappa shape index (κ2) is 6.92. The molecular formula is C14H20ClN3O2. The van der Waals surface area contributed by atoms with Crippen LogP contribution in [0.3, 0.4) is 0 Å². The lowest BCUT2D eigenvalue weighted by Crippen LogP contribution is -2.45. The predicted octanol–water partition coefficient (Wildman–Crippen LogP) is 1.71. The van der Waals surface area contributed by atoms with Gasteiger partial charge in [-0.1, -0.05) is 18.0 Å². The monoisotopic (exact) mass is 297 g/mol. The largest absolute Gasteiger partial charge is 0.397 e. The molecule has 0 radical (unpaired) electrons. The highest BCUT2D eigenvalue weighted by atomic mass is 35.5. The van der Waals surface area contributed by atoms with Crippen molar-refractivity contribution in [2.45, 2.75) is 25.3 Å². The fourth-order valence-corrected chi connectivity index (χ4v) is 2.60. The zero-order valence-electron chi connectivity index (χ0n) is 11.3. The molecule has 1 aliphatic heterocycles. The maximum Gasteiger partial charge on any atom is 0.238 e. The molecule has 4 N–H and O–H groups in total. The number of carbonyl (C=O) groups excluding carboxylic acids is 1. The number of hydrogen-bond donors (Lipinski definition) is 3. The molecule has 1 saturated heterocycles. The van der Waals surface area contributed by atoms with Crippen molar-refractivity contribution in [3.05, 3.63) is 23.2 Å². The molecule has 20 heavy (non-hydrogen) atoms. The number of aliphatic hydroxyl groups is 1. The van der Waals surface area contributed by atoms with Crippen LogP contribution >= 0.6 is 11.6 Å². The van der Waals surface area contributed by atoms with E-state index in [2.05, 4.69) is 5.32 Å². The molecule has 1 aliphatic rings. The maximum absolute atomic E-state index is 12.0. The van der Waals surface area contributed by atoms with Gasteiger partial charge in [0.1, 0.15) is 0 Å². The van der Waals surface area contributed by atoms with E-state index < -0.39 is 0 Å². The van der Waals surface area contributed by atoms with Crippen LogP contribution in [0.4, 0.5) is 11.4 Å². The number of benzene rings is 1. The summed E-state index contributed by atoms with van der Waals surface area (Å²) in [5, 5.41) is 12.6. The summed E-state index contributed by atoms with van der Waals surface area (Å²) < 4.78 is 0. The Kier molecular flexibility index (Phi) is 5.23. The van der Waals surface area contributed by atoms with Crippen molar-refractivity contribution in [2.75, 3.05) is 30.7 Å². The van der Waals surface area contributed by atoms with Crippen LogP contribution in [0.2, 0.25) is 5.02 Å². The third-order valence-corrected chi connectivity index (χ3v) is 3.93. The average molecular weight is 298 g/mol. The van der Waals surface area contributed by atoms with Crippen LogP contribution in [0.5, 0.6) is 0 Å². The third kappa shape index (κ3) is 3.85. The number of aliphatic hydroxyl groups excluding tert-OH is 1. The highest BCUT2D eigenvalue weighted by Gasteiger charge is 2.23. The maximum atomic E-state index is 12.0. The number of piperidine rings is 1. The Morgan fingerprint density at radius 1 is 1.50 bits per heavy atom. The van der Waals surface area contributed by atoms with Gasteiger partial charge in [-0.05, 0) is 37.6 Å². The van der Waals surface area contributed by atoms with Gasteiger partial charge in [0.15, 0.2) is 0 Å². The number of rotatable bonds is 4. The van der Waals surface area contributed by atoms with Gasteiger partial charge in [0, 0.05) is 11.7 Å². The molecule has 5 nitrogen and oxygen atoms in total. The summed E-state index contributed by atoms with van der Waals surface area (Å²) in [7, 11) is 0. The lowest BCUT2D eigenvalue weighted by Gasteiger charge is -2.33. The molecule has 1 aromatic rings. The Labute approximate surface area is 123 Å². The van der Waals surface area contributed by atoms with Crippen LogP contribution in [-0.4, -0.2) is 41.7 Å². The number of nitrogen functional groups attached to an aromatic ring is 1.